The summed E-state index contributed by atoms with van der Waals surface area (Å²) in [5, 5.41) is 19.4. The van der Waals surface area contributed by atoms with Crippen molar-refractivity contribution in [3.8, 4) is 11.8 Å². The summed E-state index contributed by atoms with van der Waals surface area (Å²) in [4.78, 5) is 16.4. The maximum atomic E-state index is 11.9. The van der Waals surface area contributed by atoms with Gasteiger partial charge in [-0.3, -0.25) is 14.6 Å². The van der Waals surface area contributed by atoms with E-state index in [1.165, 1.54) is 0 Å². The molecule has 1 aromatic rings. The molecule has 7 heteroatoms. The number of nitrogens with zero attached hydrogens (tertiary/aromatic N) is 3. The van der Waals surface area contributed by atoms with Gasteiger partial charge in [0.05, 0.1) is 43.4 Å². The first-order valence-corrected chi connectivity index (χ1v) is 9.00. The van der Waals surface area contributed by atoms with Crippen LogP contribution in [-0.4, -0.2) is 66.0 Å². The van der Waals surface area contributed by atoms with Crippen LogP contribution in [0.4, 0.5) is 0 Å². The second kappa shape index (κ2) is 5.43. The summed E-state index contributed by atoms with van der Waals surface area (Å²) in [6, 6.07) is 6.04. The molecule has 6 atom stereocenters. The molecule has 4 aliphatic heterocycles. The van der Waals surface area contributed by atoms with E-state index >= 15 is 0 Å². The fourth-order valence-corrected chi connectivity index (χ4v) is 5.80. The van der Waals surface area contributed by atoms with Crippen molar-refractivity contribution >= 4 is 5.97 Å². The Labute approximate surface area is 151 Å². The number of carboxylic acid groups (broad SMARTS) is 1. The van der Waals surface area contributed by atoms with Gasteiger partial charge in [-0.15, -0.1) is 0 Å². The van der Waals surface area contributed by atoms with Gasteiger partial charge in [-0.2, -0.15) is 5.26 Å². The van der Waals surface area contributed by atoms with E-state index in [9.17, 15) is 15.2 Å². The van der Waals surface area contributed by atoms with E-state index in [2.05, 4.69) is 15.9 Å². The van der Waals surface area contributed by atoms with Crippen molar-refractivity contribution in [3.05, 3.63) is 28.8 Å². The molecule has 6 unspecified atom stereocenters. The standard InChI is InChI=1S/C19H21N3O4/c1-21-13-6-11(19(23)24)17(21)12-5-10-9(7-20)3-4-15(25-2)16(10)14-8-26-18(13)22(12)14/h3-4,11-14,17-18H,5-6,8H2,1-2H3,(H,23,24). The van der Waals surface area contributed by atoms with Crippen LogP contribution in [0.5, 0.6) is 5.75 Å². The fraction of sp³-hybridized carbons (Fsp3) is 0.579. The molecule has 4 heterocycles. The average Bonchev–Trinajstić information content (AvgIpc) is 3.17. The zero-order chi connectivity index (χ0) is 18.2. The second-order valence-corrected chi connectivity index (χ2v) is 7.68. The van der Waals surface area contributed by atoms with Crippen molar-refractivity contribution in [2.45, 2.75) is 43.2 Å². The van der Waals surface area contributed by atoms with E-state index in [4.69, 9.17) is 9.47 Å². The molecule has 4 aliphatic rings. The molecule has 0 aromatic heterocycles. The molecule has 1 aromatic carbocycles. The lowest BCUT2D eigenvalue weighted by Gasteiger charge is -2.51. The van der Waals surface area contributed by atoms with E-state index in [1.54, 1.807) is 13.2 Å². The summed E-state index contributed by atoms with van der Waals surface area (Å²) in [6.45, 7) is 0.550. The molecule has 7 nitrogen and oxygen atoms in total. The number of piperazine rings is 1. The number of methoxy groups -OCH3 is 1. The van der Waals surface area contributed by atoms with Gasteiger partial charge in [-0.05, 0) is 37.6 Å². The highest BCUT2D eigenvalue weighted by atomic mass is 16.5. The van der Waals surface area contributed by atoms with Crippen molar-refractivity contribution in [1.29, 1.82) is 5.26 Å². The van der Waals surface area contributed by atoms with E-state index in [0.717, 1.165) is 16.9 Å². The molecule has 5 rings (SSSR count). The number of nitriles is 1. The van der Waals surface area contributed by atoms with E-state index in [-0.39, 0.29) is 30.4 Å². The van der Waals surface area contributed by atoms with Crippen LogP contribution < -0.4 is 4.74 Å². The summed E-state index contributed by atoms with van der Waals surface area (Å²) in [6.07, 6.45) is 1.16. The Kier molecular flexibility index (Phi) is 3.35. The largest absolute Gasteiger partial charge is 0.496 e. The molecule has 0 aliphatic carbocycles. The zero-order valence-electron chi connectivity index (χ0n) is 14.8. The second-order valence-electron chi connectivity index (χ2n) is 7.68. The Morgan fingerprint density at radius 3 is 2.92 bits per heavy atom. The summed E-state index contributed by atoms with van der Waals surface area (Å²) >= 11 is 0. The lowest BCUT2D eigenvalue weighted by atomic mass is 9.80. The Morgan fingerprint density at radius 2 is 2.23 bits per heavy atom. The van der Waals surface area contributed by atoms with Crippen LogP contribution in [0.2, 0.25) is 0 Å². The fourth-order valence-electron chi connectivity index (χ4n) is 5.80. The summed E-state index contributed by atoms with van der Waals surface area (Å²) in [5.41, 5.74) is 2.69. The Balaban J connectivity index is 1.68. The average molecular weight is 355 g/mol. The third-order valence-electron chi connectivity index (χ3n) is 6.81. The number of rotatable bonds is 2. The van der Waals surface area contributed by atoms with Crippen molar-refractivity contribution in [2.75, 3.05) is 20.8 Å². The number of likely N-dealkylation sites (N-methyl/N-ethyl adjacent to an activating group) is 1. The van der Waals surface area contributed by atoms with Crippen LogP contribution in [-0.2, 0) is 16.0 Å². The van der Waals surface area contributed by atoms with E-state index in [0.29, 0.717) is 25.0 Å². The Bertz CT molecular complexity index is 835. The molecule has 1 N–H and O–H groups in total. The summed E-state index contributed by atoms with van der Waals surface area (Å²) in [5.74, 6) is -0.352. The molecule has 0 spiro atoms. The number of carbonyl (C=O) groups is 1. The first kappa shape index (κ1) is 16.1. The number of aliphatic carboxylic acids is 1. The highest BCUT2D eigenvalue weighted by Gasteiger charge is 2.62. The molecule has 0 radical (unpaired) electrons. The highest BCUT2D eigenvalue weighted by molar-refractivity contribution is 5.72. The molecule has 26 heavy (non-hydrogen) atoms. The minimum Gasteiger partial charge on any atom is -0.496 e. The van der Waals surface area contributed by atoms with Crippen molar-refractivity contribution in [3.63, 3.8) is 0 Å². The molecule has 3 saturated heterocycles. The highest BCUT2D eigenvalue weighted by Crippen LogP contribution is 2.53. The molecular weight excluding hydrogens is 334 g/mol. The van der Waals surface area contributed by atoms with Gasteiger partial charge >= 0.3 is 5.97 Å². The van der Waals surface area contributed by atoms with Crippen molar-refractivity contribution < 1.29 is 19.4 Å². The van der Waals surface area contributed by atoms with Crippen LogP contribution in [0.25, 0.3) is 0 Å². The third kappa shape index (κ3) is 1.84. The first-order valence-electron chi connectivity index (χ1n) is 9.00. The lowest BCUT2D eigenvalue weighted by Crippen LogP contribution is -2.65. The molecule has 3 fully saturated rings. The van der Waals surface area contributed by atoms with Crippen LogP contribution in [0.15, 0.2) is 12.1 Å². The molecular formula is C19H21N3O4. The quantitative estimate of drug-likeness (QED) is 0.846. The predicted molar refractivity (Wildman–Crippen MR) is 90.6 cm³/mol. The molecule has 0 saturated carbocycles. The maximum Gasteiger partial charge on any atom is 0.308 e. The minimum atomic E-state index is -0.737. The minimum absolute atomic E-state index is 0.0169. The third-order valence-corrected chi connectivity index (χ3v) is 6.81. The van der Waals surface area contributed by atoms with Gasteiger partial charge in [-0.1, -0.05) is 0 Å². The van der Waals surface area contributed by atoms with Crippen LogP contribution in [0, 0.1) is 17.2 Å². The SMILES string of the molecule is COc1ccc(C#N)c2c1C1COC3C4CC(C(=O)O)C(C(C2)N13)N4C. The normalized spacial score (nSPS) is 37.7. The number of carboxylic acids is 1. The van der Waals surface area contributed by atoms with Gasteiger partial charge < -0.3 is 14.6 Å². The van der Waals surface area contributed by atoms with Gasteiger partial charge in [0, 0.05) is 17.6 Å². The van der Waals surface area contributed by atoms with Gasteiger partial charge in [0.2, 0.25) is 0 Å². The zero-order valence-corrected chi connectivity index (χ0v) is 14.8. The van der Waals surface area contributed by atoms with Gasteiger partial charge in [0.15, 0.2) is 0 Å². The van der Waals surface area contributed by atoms with Gasteiger partial charge in [0.1, 0.15) is 12.0 Å². The predicted octanol–water partition coefficient (Wildman–Crippen LogP) is 0.978. The topological polar surface area (TPSA) is 86.0 Å². The summed E-state index contributed by atoms with van der Waals surface area (Å²) < 4.78 is 11.8. The van der Waals surface area contributed by atoms with Gasteiger partial charge in [-0.25, -0.2) is 0 Å². The van der Waals surface area contributed by atoms with E-state index < -0.39 is 11.9 Å². The summed E-state index contributed by atoms with van der Waals surface area (Å²) in [7, 11) is 3.66. The maximum absolute atomic E-state index is 11.9. The number of ether oxygens (including phenoxy) is 2. The Morgan fingerprint density at radius 1 is 1.42 bits per heavy atom. The number of hydrogen-bond donors (Lipinski definition) is 1. The lowest BCUT2D eigenvalue weighted by molar-refractivity contribution is -0.144. The molecule has 136 valence electrons. The van der Waals surface area contributed by atoms with Crippen molar-refractivity contribution in [2.24, 2.45) is 5.92 Å². The smallest absolute Gasteiger partial charge is 0.308 e. The number of fused-ring (bicyclic) bond motifs is 6. The van der Waals surface area contributed by atoms with Crippen LogP contribution in [0.1, 0.15) is 29.2 Å². The first-order chi connectivity index (χ1) is 12.6. The molecule has 0 amide bonds. The van der Waals surface area contributed by atoms with Crippen LogP contribution >= 0.6 is 0 Å². The van der Waals surface area contributed by atoms with Gasteiger partial charge in [0.25, 0.3) is 0 Å². The van der Waals surface area contributed by atoms with E-state index in [1.807, 2.05) is 13.1 Å². The molecule has 2 bridgehead atoms. The Hall–Kier alpha value is -2.14. The van der Waals surface area contributed by atoms with Crippen molar-refractivity contribution in [1.82, 2.24) is 9.80 Å². The van der Waals surface area contributed by atoms with Crippen LogP contribution in [0.3, 0.4) is 0 Å². The number of hydrogen-bond acceptors (Lipinski definition) is 6. The number of benzene rings is 1. The monoisotopic (exact) mass is 355 g/mol.